The molecule has 2 aromatic carbocycles. The minimum atomic E-state index is -1.09. The van der Waals surface area contributed by atoms with E-state index < -0.39 is 12.6 Å². The van der Waals surface area contributed by atoms with Gasteiger partial charge in [-0.25, -0.2) is 4.39 Å². The Morgan fingerprint density at radius 1 is 1.00 bits per heavy atom. The van der Waals surface area contributed by atoms with E-state index >= 15 is 0 Å². The first-order valence-corrected chi connectivity index (χ1v) is 8.83. The van der Waals surface area contributed by atoms with Gasteiger partial charge in [-0.15, -0.1) is 0 Å². The third kappa shape index (κ3) is 4.77. The SMILES string of the molecule is O=C(CF)Nc1ccccc1-c1cccc(NC(=O)c2cncc(Br)c2)c1. The predicted molar refractivity (Wildman–Crippen MR) is 106 cm³/mol. The Hall–Kier alpha value is -3.06. The van der Waals surface area contributed by atoms with E-state index in [4.69, 9.17) is 0 Å². The lowest BCUT2D eigenvalue weighted by Gasteiger charge is -2.12. The molecule has 2 N–H and O–H groups in total. The van der Waals surface area contributed by atoms with Gasteiger partial charge in [0, 0.05) is 33.8 Å². The van der Waals surface area contributed by atoms with Crippen molar-refractivity contribution in [1.82, 2.24) is 4.98 Å². The maximum Gasteiger partial charge on any atom is 0.257 e. The van der Waals surface area contributed by atoms with Gasteiger partial charge in [0.15, 0.2) is 6.67 Å². The van der Waals surface area contributed by atoms with Gasteiger partial charge < -0.3 is 10.6 Å². The number of carbonyl (C=O) groups is 2. The van der Waals surface area contributed by atoms with E-state index in [1.165, 1.54) is 6.20 Å². The summed E-state index contributed by atoms with van der Waals surface area (Å²) in [5.74, 6) is -1.01. The number of anilines is 2. The Morgan fingerprint density at radius 3 is 2.59 bits per heavy atom. The van der Waals surface area contributed by atoms with Crippen LogP contribution in [0.15, 0.2) is 71.5 Å². The minimum Gasteiger partial charge on any atom is -0.323 e. The monoisotopic (exact) mass is 427 g/mol. The number of alkyl halides is 1. The van der Waals surface area contributed by atoms with Crippen molar-refractivity contribution in [1.29, 1.82) is 0 Å². The highest BCUT2D eigenvalue weighted by Gasteiger charge is 2.11. The maximum absolute atomic E-state index is 12.5. The number of nitrogens with zero attached hydrogens (tertiary/aromatic N) is 1. The first-order chi connectivity index (χ1) is 13.1. The van der Waals surface area contributed by atoms with Crippen LogP contribution >= 0.6 is 15.9 Å². The molecular weight excluding hydrogens is 413 g/mol. The Morgan fingerprint density at radius 2 is 1.81 bits per heavy atom. The van der Waals surface area contributed by atoms with E-state index in [0.29, 0.717) is 21.4 Å². The van der Waals surface area contributed by atoms with Crippen LogP contribution in [0.3, 0.4) is 0 Å². The molecular formula is C20H15BrFN3O2. The van der Waals surface area contributed by atoms with Crippen LogP contribution in [0.1, 0.15) is 10.4 Å². The quantitative estimate of drug-likeness (QED) is 0.621. The molecule has 3 aromatic rings. The fourth-order valence-electron chi connectivity index (χ4n) is 2.53. The van der Waals surface area contributed by atoms with Crippen molar-refractivity contribution in [2.45, 2.75) is 0 Å². The van der Waals surface area contributed by atoms with Crippen LogP contribution < -0.4 is 10.6 Å². The van der Waals surface area contributed by atoms with Crippen LogP contribution in [0.4, 0.5) is 15.8 Å². The molecule has 0 fully saturated rings. The first kappa shape index (κ1) is 18.7. The van der Waals surface area contributed by atoms with Gasteiger partial charge in [0.2, 0.25) is 0 Å². The number of carbonyl (C=O) groups excluding carboxylic acids is 2. The molecule has 1 heterocycles. The highest BCUT2D eigenvalue weighted by molar-refractivity contribution is 9.10. The molecule has 1 aromatic heterocycles. The van der Waals surface area contributed by atoms with Gasteiger partial charge in [0.05, 0.1) is 5.56 Å². The Kier molecular flexibility index (Phi) is 5.93. The summed E-state index contributed by atoms with van der Waals surface area (Å²) in [7, 11) is 0. The van der Waals surface area contributed by atoms with Crippen LogP contribution in [0.5, 0.6) is 0 Å². The smallest absolute Gasteiger partial charge is 0.257 e. The molecule has 2 amide bonds. The highest BCUT2D eigenvalue weighted by atomic mass is 79.9. The molecule has 0 spiro atoms. The molecule has 0 aliphatic rings. The van der Waals surface area contributed by atoms with Crippen molar-refractivity contribution >= 4 is 39.1 Å². The number of amides is 2. The van der Waals surface area contributed by atoms with Gasteiger partial charge in [-0.1, -0.05) is 30.3 Å². The fourth-order valence-corrected chi connectivity index (χ4v) is 2.90. The number of pyridine rings is 1. The average Bonchev–Trinajstić information content (AvgIpc) is 2.68. The van der Waals surface area contributed by atoms with Crippen molar-refractivity contribution in [3.05, 3.63) is 77.0 Å². The first-order valence-electron chi connectivity index (χ1n) is 8.04. The largest absolute Gasteiger partial charge is 0.323 e. The van der Waals surface area contributed by atoms with E-state index in [1.807, 2.05) is 18.2 Å². The van der Waals surface area contributed by atoms with Gasteiger partial charge in [-0.2, -0.15) is 0 Å². The molecule has 27 heavy (non-hydrogen) atoms. The van der Waals surface area contributed by atoms with Crippen LogP contribution in [-0.4, -0.2) is 23.5 Å². The Labute approximate surface area is 163 Å². The third-order valence-corrected chi connectivity index (χ3v) is 4.15. The van der Waals surface area contributed by atoms with E-state index in [1.54, 1.807) is 42.6 Å². The standard InChI is InChI=1S/C20H15BrFN3O2/c21-15-8-14(11-23-12-15)20(27)24-16-5-3-4-13(9-16)17-6-1-2-7-18(17)25-19(26)10-22/h1-9,11-12H,10H2,(H,24,27)(H,25,26). The van der Waals surface area contributed by atoms with Crippen molar-refractivity contribution < 1.29 is 14.0 Å². The average molecular weight is 428 g/mol. The summed E-state index contributed by atoms with van der Waals surface area (Å²) in [5, 5.41) is 5.36. The lowest BCUT2D eigenvalue weighted by molar-refractivity contribution is -0.117. The van der Waals surface area contributed by atoms with Gasteiger partial charge in [-0.05, 0) is 45.8 Å². The molecule has 5 nitrogen and oxygen atoms in total. The van der Waals surface area contributed by atoms with E-state index in [-0.39, 0.29) is 5.91 Å². The second-order valence-electron chi connectivity index (χ2n) is 5.65. The summed E-state index contributed by atoms with van der Waals surface area (Å²) in [6.45, 7) is -1.09. The molecule has 136 valence electrons. The topological polar surface area (TPSA) is 71.1 Å². The molecule has 0 aliphatic heterocycles. The number of para-hydroxylation sites is 1. The van der Waals surface area contributed by atoms with Crippen molar-refractivity contribution in [2.75, 3.05) is 17.3 Å². The fraction of sp³-hybridized carbons (Fsp3) is 0.0500. The van der Waals surface area contributed by atoms with Gasteiger partial charge in [0.1, 0.15) is 0 Å². The summed E-state index contributed by atoms with van der Waals surface area (Å²) in [4.78, 5) is 27.8. The zero-order valence-electron chi connectivity index (χ0n) is 14.1. The van der Waals surface area contributed by atoms with Crippen LogP contribution in [0, 0.1) is 0 Å². The lowest BCUT2D eigenvalue weighted by Crippen LogP contribution is -2.14. The van der Waals surface area contributed by atoms with E-state index in [9.17, 15) is 14.0 Å². The van der Waals surface area contributed by atoms with E-state index in [2.05, 4.69) is 31.5 Å². The highest BCUT2D eigenvalue weighted by Crippen LogP contribution is 2.29. The molecule has 0 saturated carbocycles. The van der Waals surface area contributed by atoms with Crippen LogP contribution in [0.2, 0.25) is 0 Å². The molecule has 0 atom stereocenters. The number of nitrogens with one attached hydrogen (secondary N) is 2. The van der Waals surface area contributed by atoms with Gasteiger partial charge in [-0.3, -0.25) is 14.6 Å². The molecule has 0 bridgehead atoms. The summed E-state index contributed by atoms with van der Waals surface area (Å²) in [5.41, 5.74) is 3.00. The molecule has 7 heteroatoms. The zero-order valence-corrected chi connectivity index (χ0v) is 15.7. The molecule has 0 aliphatic carbocycles. The maximum atomic E-state index is 12.5. The second kappa shape index (κ2) is 8.55. The van der Waals surface area contributed by atoms with Crippen molar-refractivity contribution in [3.63, 3.8) is 0 Å². The Balaban J connectivity index is 1.86. The number of halogens is 2. The second-order valence-corrected chi connectivity index (χ2v) is 6.57. The van der Waals surface area contributed by atoms with E-state index in [0.717, 1.165) is 11.1 Å². The third-order valence-electron chi connectivity index (χ3n) is 3.72. The zero-order chi connectivity index (χ0) is 19.2. The summed E-state index contributed by atoms with van der Waals surface area (Å²) in [6.07, 6.45) is 3.08. The minimum absolute atomic E-state index is 0.292. The van der Waals surface area contributed by atoms with Crippen LogP contribution in [-0.2, 0) is 4.79 Å². The summed E-state index contributed by atoms with van der Waals surface area (Å²) in [6, 6.07) is 15.9. The van der Waals surface area contributed by atoms with Crippen molar-refractivity contribution in [2.24, 2.45) is 0 Å². The molecule has 0 radical (unpaired) electrons. The number of hydrogen-bond acceptors (Lipinski definition) is 3. The molecule has 0 saturated heterocycles. The predicted octanol–water partition coefficient (Wildman–Crippen LogP) is 4.67. The number of rotatable bonds is 5. The summed E-state index contributed by atoms with van der Waals surface area (Å²) < 4.78 is 13.2. The lowest BCUT2D eigenvalue weighted by atomic mass is 10.0. The molecule has 0 unspecified atom stereocenters. The van der Waals surface area contributed by atoms with Gasteiger partial charge in [0.25, 0.3) is 11.8 Å². The number of aromatic nitrogens is 1. The normalized spacial score (nSPS) is 10.3. The van der Waals surface area contributed by atoms with Gasteiger partial charge >= 0.3 is 0 Å². The van der Waals surface area contributed by atoms with Crippen LogP contribution in [0.25, 0.3) is 11.1 Å². The number of benzene rings is 2. The number of hydrogen-bond donors (Lipinski definition) is 2. The van der Waals surface area contributed by atoms with Crippen molar-refractivity contribution in [3.8, 4) is 11.1 Å². The Bertz CT molecular complexity index is 994. The summed E-state index contributed by atoms with van der Waals surface area (Å²) >= 11 is 3.29. The molecule has 3 rings (SSSR count).